The van der Waals surface area contributed by atoms with Gasteiger partial charge in [0.25, 0.3) is 0 Å². The topological polar surface area (TPSA) is 59.1 Å². The summed E-state index contributed by atoms with van der Waals surface area (Å²) in [6, 6.07) is 18.3. The largest absolute Gasteiger partial charge is 0.310 e. The summed E-state index contributed by atoms with van der Waals surface area (Å²) in [5.74, 6) is 1.32. The molecule has 31 heavy (non-hydrogen) atoms. The van der Waals surface area contributed by atoms with Gasteiger partial charge in [-0.1, -0.05) is 36.4 Å². The molecule has 3 atom stereocenters. The van der Waals surface area contributed by atoms with Gasteiger partial charge in [-0.25, -0.2) is 8.42 Å². The SMILES string of the molecule is C[C@@H](NCCCC1CC[C@H](c2ccc(S(C)(=O)=O)cc2)C1)c1cccc2cccnc12. The summed E-state index contributed by atoms with van der Waals surface area (Å²) >= 11 is 0. The molecule has 1 aromatic heterocycles. The molecule has 1 heterocycles. The number of aromatic nitrogens is 1. The molecule has 1 N–H and O–H groups in total. The maximum absolute atomic E-state index is 11.7. The average Bonchev–Trinajstić information content (AvgIpc) is 3.24. The summed E-state index contributed by atoms with van der Waals surface area (Å²) in [6.45, 7) is 3.23. The molecule has 1 unspecified atom stereocenters. The van der Waals surface area contributed by atoms with Crippen LogP contribution in [0.3, 0.4) is 0 Å². The van der Waals surface area contributed by atoms with Gasteiger partial charge in [0.05, 0.1) is 10.4 Å². The second-order valence-electron chi connectivity index (χ2n) is 8.96. The van der Waals surface area contributed by atoms with Crippen LogP contribution < -0.4 is 5.32 Å². The summed E-state index contributed by atoms with van der Waals surface area (Å²) in [4.78, 5) is 4.99. The Bertz CT molecular complexity index is 1120. The van der Waals surface area contributed by atoms with E-state index >= 15 is 0 Å². The summed E-state index contributed by atoms with van der Waals surface area (Å²) in [5.41, 5.74) is 3.63. The van der Waals surface area contributed by atoms with E-state index in [4.69, 9.17) is 0 Å². The Morgan fingerprint density at radius 2 is 1.84 bits per heavy atom. The minimum atomic E-state index is -3.12. The third kappa shape index (κ3) is 5.34. The molecule has 0 spiro atoms. The molecule has 4 rings (SSSR count). The fourth-order valence-electron chi connectivity index (χ4n) is 4.92. The molecular weight excluding hydrogens is 404 g/mol. The van der Waals surface area contributed by atoms with Crippen molar-refractivity contribution in [3.63, 3.8) is 0 Å². The molecule has 5 heteroatoms. The normalized spacial score (nSPS) is 20.2. The minimum Gasteiger partial charge on any atom is -0.310 e. The maximum atomic E-state index is 11.7. The Morgan fingerprint density at radius 3 is 2.61 bits per heavy atom. The number of rotatable bonds is 8. The Hall–Kier alpha value is -2.24. The lowest BCUT2D eigenvalue weighted by atomic mass is 9.95. The van der Waals surface area contributed by atoms with E-state index in [2.05, 4.69) is 41.5 Å². The first-order chi connectivity index (χ1) is 14.9. The van der Waals surface area contributed by atoms with Gasteiger partial charge < -0.3 is 5.32 Å². The second kappa shape index (κ2) is 9.49. The van der Waals surface area contributed by atoms with Gasteiger partial charge >= 0.3 is 0 Å². The third-order valence-electron chi connectivity index (χ3n) is 6.69. The average molecular weight is 437 g/mol. The Labute approximate surface area is 186 Å². The highest BCUT2D eigenvalue weighted by molar-refractivity contribution is 7.90. The van der Waals surface area contributed by atoms with Gasteiger partial charge in [-0.05, 0) is 86.7 Å². The standard InChI is InChI=1S/C26H32N2O2S/c1-19(25-9-3-7-22-8-5-17-28-26(22)25)27-16-4-6-20-10-11-23(18-20)21-12-14-24(15-13-21)31(2,29)30/h3,5,7-9,12-15,17,19-20,23,27H,4,6,10-11,16,18H2,1-2H3/t19-,20?,23+/m1/s1. The monoisotopic (exact) mass is 436 g/mol. The highest BCUT2D eigenvalue weighted by Crippen LogP contribution is 2.40. The van der Waals surface area contributed by atoms with Crippen molar-refractivity contribution in [2.24, 2.45) is 5.92 Å². The molecule has 0 amide bonds. The fourth-order valence-corrected chi connectivity index (χ4v) is 5.55. The predicted octanol–water partition coefficient (Wildman–Crippen LogP) is 5.65. The number of hydrogen-bond acceptors (Lipinski definition) is 4. The maximum Gasteiger partial charge on any atom is 0.175 e. The molecule has 0 aliphatic heterocycles. The zero-order valence-corrected chi connectivity index (χ0v) is 19.2. The molecule has 4 nitrogen and oxygen atoms in total. The molecule has 1 fully saturated rings. The van der Waals surface area contributed by atoms with Crippen molar-refractivity contribution in [2.75, 3.05) is 12.8 Å². The van der Waals surface area contributed by atoms with Crippen LogP contribution in [-0.2, 0) is 9.84 Å². The molecule has 0 saturated heterocycles. The fraction of sp³-hybridized carbons (Fsp3) is 0.423. The molecular formula is C26H32N2O2S. The van der Waals surface area contributed by atoms with Crippen LogP contribution in [0.4, 0.5) is 0 Å². The summed E-state index contributed by atoms with van der Waals surface area (Å²) in [6.07, 6.45) is 9.22. The van der Waals surface area contributed by atoms with Crippen molar-refractivity contribution in [2.45, 2.75) is 55.9 Å². The molecule has 0 radical (unpaired) electrons. The zero-order valence-electron chi connectivity index (χ0n) is 18.4. The molecule has 1 aliphatic rings. The van der Waals surface area contributed by atoms with Crippen LogP contribution in [-0.4, -0.2) is 26.2 Å². The van der Waals surface area contributed by atoms with Crippen molar-refractivity contribution in [1.82, 2.24) is 10.3 Å². The van der Waals surface area contributed by atoms with Gasteiger partial charge in [0.15, 0.2) is 9.84 Å². The smallest absolute Gasteiger partial charge is 0.175 e. The van der Waals surface area contributed by atoms with Gasteiger partial charge in [0, 0.05) is 23.9 Å². The van der Waals surface area contributed by atoms with Crippen molar-refractivity contribution in [3.8, 4) is 0 Å². The number of pyridine rings is 1. The van der Waals surface area contributed by atoms with E-state index in [9.17, 15) is 8.42 Å². The van der Waals surface area contributed by atoms with Crippen LogP contribution in [0, 0.1) is 5.92 Å². The quantitative estimate of drug-likeness (QED) is 0.463. The molecule has 164 valence electrons. The van der Waals surface area contributed by atoms with E-state index in [1.54, 1.807) is 12.1 Å². The number of nitrogens with one attached hydrogen (secondary N) is 1. The van der Waals surface area contributed by atoms with Crippen molar-refractivity contribution < 1.29 is 8.42 Å². The number of para-hydroxylation sites is 1. The van der Waals surface area contributed by atoms with Crippen LogP contribution >= 0.6 is 0 Å². The van der Waals surface area contributed by atoms with Gasteiger partial charge in [0.2, 0.25) is 0 Å². The number of nitrogens with zero attached hydrogens (tertiary/aromatic N) is 1. The summed E-state index contributed by atoms with van der Waals surface area (Å²) in [7, 11) is -3.12. The van der Waals surface area contributed by atoms with E-state index in [1.807, 2.05) is 24.4 Å². The Kier molecular flexibility index (Phi) is 6.73. The third-order valence-corrected chi connectivity index (χ3v) is 7.82. The number of fused-ring (bicyclic) bond motifs is 1. The van der Waals surface area contributed by atoms with E-state index in [0.717, 1.165) is 18.0 Å². The molecule has 0 bridgehead atoms. The van der Waals surface area contributed by atoms with Crippen LogP contribution in [0.1, 0.15) is 62.1 Å². The van der Waals surface area contributed by atoms with Crippen LogP contribution in [0.2, 0.25) is 0 Å². The van der Waals surface area contributed by atoms with Crippen LogP contribution in [0.25, 0.3) is 10.9 Å². The second-order valence-corrected chi connectivity index (χ2v) is 11.0. The van der Waals surface area contributed by atoms with E-state index < -0.39 is 9.84 Å². The Balaban J connectivity index is 1.24. The van der Waals surface area contributed by atoms with E-state index in [1.165, 1.54) is 54.9 Å². The van der Waals surface area contributed by atoms with Gasteiger partial charge in [-0.3, -0.25) is 4.98 Å². The van der Waals surface area contributed by atoms with Crippen molar-refractivity contribution in [1.29, 1.82) is 0 Å². The number of benzene rings is 2. The Morgan fingerprint density at radius 1 is 1.06 bits per heavy atom. The van der Waals surface area contributed by atoms with E-state index in [-0.39, 0.29) is 6.04 Å². The molecule has 3 aromatic rings. The number of hydrogen-bond donors (Lipinski definition) is 1. The lowest BCUT2D eigenvalue weighted by molar-refractivity contribution is 0.452. The lowest BCUT2D eigenvalue weighted by Crippen LogP contribution is -2.20. The molecule has 2 aromatic carbocycles. The first-order valence-electron chi connectivity index (χ1n) is 11.3. The lowest BCUT2D eigenvalue weighted by Gasteiger charge is -2.17. The highest BCUT2D eigenvalue weighted by Gasteiger charge is 2.25. The molecule has 1 aliphatic carbocycles. The first-order valence-corrected chi connectivity index (χ1v) is 13.2. The van der Waals surface area contributed by atoms with Gasteiger partial charge in [0.1, 0.15) is 0 Å². The van der Waals surface area contributed by atoms with Crippen molar-refractivity contribution >= 4 is 20.7 Å². The van der Waals surface area contributed by atoms with Gasteiger partial charge in [-0.2, -0.15) is 0 Å². The minimum absolute atomic E-state index is 0.281. The first kappa shape index (κ1) is 22.0. The number of sulfone groups is 1. The molecule has 1 saturated carbocycles. The van der Waals surface area contributed by atoms with E-state index in [0.29, 0.717) is 10.8 Å². The summed E-state index contributed by atoms with van der Waals surface area (Å²) in [5, 5.41) is 4.87. The van der Waals surface area contributed by atoms with Crippen LogP contribution in [0.15, 0.2) is 65.7 Å². The van der Waals surface area contributed by atoms with Crippen molar-refractivity contribution in [3.05, 3.63) is 71.9 Å². The summed E-state index contributed by atoms with van der Waals surface area (Å²) < 4.78 is 23.3. The predicted molar refractivity (Wildman–Crippen MR) is 127 cm³/mol. The highest BCUT2D eigenvalue weighted by atomic mass is 32.2. The zero-order chi connectivity index (χ0) is 21.8. The van der Waals surface area contributed by atoms with Crippen LogP contribution in [0.5, 0.6) is 0 Å². The van der Waals surface area contributed by atoms with Gasteiger partial charge in [-0.15, -0.1) is 0 Å².